The van der Waals surface area contributed by atoms with E-state index in [2.05, 4.69) is 25.8 Å². The van der Waals surface area contributed by atoms with Crippen molar-refractivity contribution in [3.63, 3.8) is 0 Å². The fourth-order valence-corrected chi connectivity index (χ4v) is 8.16. The average molecular weight is 510 g/mol. The zero-order valence-corrected chi connectivity index (χ0v) is 22.2. The average Bonchev–Trinajstić information content (AvgIpc) is 3.10. The van der Waals surface area contributed by atoms with E-state index in [-0.39, 0.29) is 28.8 Å². The summed E-state index contributed by atoms with van der Waals surface area (Å²) in [5, 5.41) is 10.7. The number of nitrogens with two attached hydrogens (primary N) is 2. The molecule has 0 radical (unpaired) electrons. The van der Waals surface area contributed by atoms with Gasteiger partial charge in [-0.1, -0.05) is 12.8 Å². The molecule has 0 aromatic rings. The van der Waals surface area contributed by atoms with Crippen LogP contribution in [0.5, 0.6) is 0 Å². The fraction of sp³-hybridized carbons (Fsp3) is 0.962. The largest absolute Gasteiger partial charge is 0.350 e. The van der Waals surface area contributed by atoms with Crippen LogP contribution in [0.3, 0.4) is 0 Å². The van der Waals surface area contributed by atoms with Crippen LogP contribution < -0.4 is 27.4 Å². The van der Waals surface area contributed by atoms with Crippen LogP contribution in [0.25, 0.3) is 0 Å². The van der Waals surface area contributed by atoms with Crippen molar-refractivity contribution in [2.45, 2.75) is 99.9 Å². The van der Waals surface area contributed by atoms with E-state index >= 15 is 0 Å². The summed E-state index contributed by atoms with van der Waals surface area (Å²) in [5.74, 6) is -0.443. The first-order chi connectivity index (χ1) is 16.9. The first-order valence-electron chi connectivity index (χ1n) is 14.3. The highest BCUT2D eigenvalue weighted by molar-refractivity contribution is 6.20. The van der Waals surface area contributed by atoms with Crippen LogP contribution in [0.4, 0.5) is 0 Å². The SMILES string of the molecule is NC(N)C(C(=O)NC1CNCCC1N1CCN2CCC1CC2)C1CC2(CCCC2)CCC(Cl)CN1. The summed E-state index contributed by atoms with van der Waals surface area (Å²) in [7, 11) is 0. The van der Waals surface area contributed by atoms with E-state index in [1.165, 1.54) is 51.6 Å². The van der Waals surface area contributed by atoms with Crippen LogP contribution in [0.2, 0.25) is 0 Å². The molecule has 5 heterocycles. The Balaban J connectivity index is 1.30. The van der Waals surface area contributed by atoms with E-state index in [1.54, 1.807) is 0 Å². The number of carbonyl (C=O) groups excluding carboxylic acids is 1. The number of hydrogen-bond donors (Lipinski definition) is 5. The fourth-order valence-electron chi connectivity index (χ4n) is 7.96. The maximum absolute atomic E-state index is 13.9. The van der Waals surface area contributed by atoms with E-state index in [0.29, 0.717) is 18.6 Å². The molecule has 8 nitrogen and oxygen atoms in total. The third-order valence-corrected chi connectivity index (χ3v) is 10.3. The minimum Gasteiger partial charge on any atom is -0.350 e. The summed E-state index contributed by atoms with van der Waals surface area (Å²) >= 11 is 6.65. The molecule has 5 saturated heterocycles. The molecule has 35 heavy (non-hydrogen) atoms. The van der Waals surface area contributed by atoms with Gasteiger partial charge in [0.15, 0.2) is 0 Å². The Morgan fingerprint density at radius 1 is 1.00 bits per heavy atom. The van der Waals surface area contributed by atoms with E-state index in [0.717, 1.165) is 51.9 Å². The Morgan fingerprint density at radius 2 is 1.77 bits per heavy atom. The second-order valence-electron chi connectivity index (χ2n) is 12.2. The predicted molar refractivity (Wildman–Crippen MR) is 141 cm³/mol. The van der Waals surface area contributed by atoms with Crippen LogP contribution in [0, 0.1) is 11.3 Å². The minimum absolute atomic E-state index is 0.0129. The number of nitrogens with one attached hydrogen (secondary N) is 3. The lowest BCUT2D eigenvalue weighted by Gasteiger charge is -2.45. The first kappa shape index (κ1) is 26.1. The number of alkyl halides is 1. The summed E-state index contributed by atoms with van der Waals surface area (Å²) < 4.78 is 0. The van der Waals surface area contributed by atoms with Crippen molar-refractivity contribution in [2.24, 2.45) is 22.8 Å². The predicted octanol–water partition coefficient (Wildman–Crippen LogP) is 0.783. The number of piperidine rings is 2. The van der Waals surface area contributed by atoms with Crippen molar-refractivity contribution < 1.29 is 4.79 Å². The quantitative estimate of drug-likeness (QED) is 0.275. The highest BCUT2D eigenvalue weighted by Crippen LogP contribution is 2.47. The molecule has 2 bridgehead atoms. The van der Waals surface area contributed by atoms with E-state index < -0.39 is 12.1 Å². The number of halogens is 1. The van der Waals surface area contributed by atoms with Crippen molar-refractivity contribution in [3.8, 4) is 0 Å². The summed E-state index contributed by atoms with van der Waals surface area (Å²) in [6.45, 7) is 7.19. The summed E-state index contributed by atoms with van der Waals surface area (Å²) in [4.78, 5) is 19.2. The van der Waals surface area contributed by atoms with Gasteiger partial charge in [0, 0.05) is 49.7 Å². The molecule has 5 unspecified atom stereocenters. The van der Waals surface area contributed by atoms with Crippen molar-refractivity contribution in [1.82, 2.24) is 25.8 Å². The lowest BCUT2D eigenvalue weighted by Crippen LogP contribution is -2.65. The van der Waals surface area contributed by atoms with Gasteiger partial charge in [-0.2, -0.15) is 0 Å². The summed E-state index contributed by atoms with van der Waals surface area (Å²) in [6.07, 6.45) is 11.0. The van der Waals surface area contributed by atoms with Crippen LogP contribution in [-0.2, 0) is 4.79 Å². The molecule has 0 aromatic carbocycles. The van der Waals surface area contributed by atoms with Gasteiger partial charge in [-0.15, -0.1) is 11.6 Å². The Bertz CT molecular complexity index is 710. The molecule has 200 valence electrons. The van der Waals surface area contributed by atoms with Crippen LogP contribution in [0.1, 0.15) is 64.2 Å². The molecule has 6 aliphatic rings. The van der Waals surface area contributed by atoms with Gasteiger partial charge in [-0.05, 0) is 76.4 Å². The monoisotopic (exact) mass is 509 g/mol. The molecule has 1 spiro atoms. The second kappa shape index (κ2) is 11.5. The normalized spacial score (nSPS) is 39.2. The number of amides is 1. The molecule has 6 fully saturated rings. The maximum atomic E-state index is 13.9. The Morgan fingerprint density at radius 3 is 2.51 bits per heavy atom. The van der Waals surface area contributed by atoms with Gasteiger partial charge < -0.3 is 32.3 Å². The third kappa shape index (κ3) is 6.00. The van der Waals surface area contributed by atoms with Gasteiger partial charge in [0.2, 0.25) is 5.91 Å². The number of nitrogens with zero attached hydrogens (tertiary/aromatic N) is 2. The van der Waals surface area contributed by atoms with Crippen LogP contribution in [-0.4, -0.2) is 97.2 Å². The highest BCUT2D eigenvalue weighted by Gasteiger charge is 2.44. The summed E-state index contributed by atoms with van der Waals surface area (Å²) in [6, 6.07) is 1.06. The van der Waals surface area contributed by atoms with E-state index in [4.69, 9.17) is 23.1 Å². The Labute approximate surface area is 216 Å². The molecule has 9 heteroatoms. The van der Waals surface area contributed by atoms with Crippen molar-refractivity contribution in [3.05, 3.63) is 0 Å². The molecular formula is C26H48ClN7O. The van der Waals surface area contributed by atoms with Crippen LogP contribution >= 0.6 is 11.6 Å². The van der Waals surface area contributed by atoms with Gasteiger partial charge >= 0.3 is 0 Å². The van der Waals surface area contributed by atoms with Crippen molar-refractivity contribution >= 4 is 17.5 Å². The second-order valence-corrected chi connectivity index (χ2v) is 12.8. The van der Waals surface area contributed by atoms with Gasteiger partial charge in [-0.3, -0.25) is 9.69 Å². The van der Waals surface area contributed by atoms with Gasteiger partial charge in [0.05, 0.1) is 18.1 Å². The molecule has 5 atom stereocenters. The number of carbonyl (C=O) groups is 1. The number of fused-ring (bicyclic) bond motifs is 4. The van der Waals surface area contributed by atoms with Gasteiger partial charge in [-0.25, -0.2) is 0 Å². The zero-order valence-electron chi connectivity index (χ0n) is 21.4. The standard InChI is InChI=1S/C26H48ClN7O/c27-18-3-9-26(7-1-2-8-26)15-20(31-16-18)23(24(28)29)25(35)32-21-17-30-10-4-22(21)34-14-13-33-11-5-19(34)6-12-33/h18-24,30-31H,1-17,28-29H2,(H,32,35). The minimum atomic E-state index is -0.698. The number of rotatable bonds is 5. The lowest BCUT2D eigenvalue weighted by molar-refractivity contribution is -0.128. The zero-order chi connectivity index (χ0) is 24.4. The topological polar surface area (TPSA) is 112 Å². The van der Waals surface area contributed by atoms with Gasteiger partial charge in [0.25, 0.3) is 0 Å². The van der Waals surface area contributed by atoms with E-state index in [9.17, 15) is 4.79 Å². The first-order valence-corrected chi connectivity index (χ1v) is 14.8. The van der Waals surface area contributed by atoms with Crippen LogP contribution in [0.15, 0.2) is 0 Å². The molecule has 7 N–H and O–H groups in total. The molecule has 1 amide bonds. The van der Waals surface area contributed by atoms with E-state index in [1.807, 2.05) is 0 Å². The van der Waals surface area contributed by atoms with Crippen molar-refractivity contribution in [1.29, 1.82) is 0 Å². The number of hydrogen-bond acceptors (Lipinski definition) is 7. The summed E-state index contributed by atoms with van der Waals surface area (Å²) in [5.41, 5.74) is 13.0. The molecule has 6 rings (SSSR count). The smallest absolute Gasteiger partial charge is 0.227 e. The molecule has 0 aromatic heterocycles. The Kier molecular flexibility index (Phi) is 8.59. The molecule has 5 aliphatic heterocycles. The molecule has 1 aliphatic carbocycles. The molecule has 1 saturated carbocycles. The Hall–Kier alpha value is -0.480. The van der Waals surface area contributed by atoms with Crippen molar-refractivity contribution in [2.75, 3.05) is 45.8 Å². The molecular weight excluding hydrogens is 462 g/mol. The highest BCUT2D eigenvalue weighted by atomic mass is 35.5. The maximum Gasteiger partial charge on any atom is 0.227 e. The lowest BCUT2D eigenvalue weighted by atomic mass is 9.72. The van der Waals surface area contributed by atoms with Gasteiger partial charge in [0.1, 0.15) is 0 Å². The third-order valence-electron chi connectivity index (χ3n) is 9.96.